The summed E-state index contributed by atoms with van der Waals surface area (Å²) in [7, 11) is 0. The molecule has 0 bridgehead atoms. The number of carbonyl (C=O) groups is 2. The maximum Gasteiger partial charge on any atom is 0.192 e. The first-order chi connectivity index (χ1) is 12.6. The van der Waals surface area contributed by atoms with Gasteiger partial charge in [-0.3, -0.25) is 9.59 Å². The monoisotopic (exact) mass is 368 g/mol. The summed E-state index contributed by atoms with van der Waals surface area (Å²) in [6.45, 7) is 0. The minimum atomic E-state index is -1.21. The smallest absolute Gasteiger partial charge is 0.192 e. The van der Waals surface area contributed by atoms with Gasteiger partial charge in [0.15, 0.2) is 11.6 Å². The number of benzene rings is 2. The van der Waals surface area contributed by atoms with Gasteiger partial charge in [0.2, 0.25) is 0 Å². The Labute approximate surface area is 158 Å². The molecule has 0 aromatic heterocycles. The Hall–Kier alpha value is -1.97. The zero-order valence-corrected chi connectivity index (χ0v) is 15.2. The maximum absolute atomic E-state index is 12.9. The molecule has 2 aromatic carbocycles. The molecule has 4 rings (SSSR count). The fraction of sp³-hybridized carbons (Fsp3) is 0.364. The third-order valence-corrected chi connectivity index (χ3v) is 6.24. The summed E-state index contributed by atoms with van der Waals surface area (Å²) >= 11 is 5.97. The third kappa shape index (κ3) is 3.00. The van der Waals surface area contributed by atoms with Crippen molar-refractivity contribution in [2.24, 2.45) is 11.8 Å². The van der Waals surface area contributed by atoms with Gasteiger partial charge in [-0.05, 0) is 55.2 Å². The molecule has 134 valence electrons. The van der Waals surface area contributed by atoms with Crippen molar-refractivity contribution in [1.29, 1.82) is 0 Å². The summed E-state index contributed by atoms with van der Waals surface area (Å²) in [5, 5.41) is 11.3. The fourth-order valence-electron chi connectivity index (χ4n) is 4.58. The number of aliphatic hydroxyl groups is 1. The average molecular weight is 369 g/mol. The predicted molar refractivity (Wildman–Crippen MR) is 101 cm³/mol. The third-order valence-electron chi connectivity index (χ3n) is 5.99. The highest BCUT2D eigenvalue weighted by Gasteiger charge is 2.45. The molecule has 2 aliphatic rings. The number of fused-ring (bicyclic) bond motifs is 1. The summed E-state index contributed by atoms with van der Waals surface area (Å²) in [4.78, 5) is 25.5. The molecule has 2 atom stereocenters. The molecule has 1 saturated carbocycles. The van der Waals surface area contributed by atoms with E-state index in [4.69, 9.17) is 11.6 Å². The van der Waals surface area contributed by atoms with Crippen molar-refractivity contribution in [3.8, 4) is 0 Å². The Balaban J connectivity index is 1.51. The molecule has 0 amide bonds. The maximum atomic E-state index is 12.9. The number of hydrogen-bond acceptors (Lipinski definition) is 3. The number of hydrogen-bond donors (Lipinski definition) is 1. The Morgan fingerprint density at radius 2 is 1.38 bits per heavy atom. The topological polar surface area (TPSA) is 54.4 Å². The van der Waals surface area contributed by atoms with Crippen LogP contribution >= 0.6 is 11.6 Å². The second-order valence-corrected chi connectivity index (χ2v) is 7.84. The van der Waals surface area contributed by atoms with Crippen LogP contribution in [0.3, 0.4) is 0 Å². The van der Waals surface area contributed by atoms with Crippen LogP contribution in [0.25, 0.3) is 0 Å². The first-order valence-corrected chi connectivity index (χ1v) is 9.55. The van der Waals surface area contributed by atoms with Crippen LogP contribution < -0.4 is 0 Å². The summed E-state index contributed by atoms with van der Waals surface area (Å²) in [5.74, 6) is -0.503. The largest absolute Gasteiger partial charge is 0.384 e. The normalized spacial score (nSPS) is 28.7. The lowest BCUT2D eigenvalue weighted by Gasteiger charge is -2.37. The van der Waals surface area contributed by atoms with Crippen LogP contribution in [0, 0.1) is 11.8 Å². The van der Waals surface area contributed by atoms with E-state index in [0.717, 1.165) is 30.7 Å². The summed E-state index contributed by atoms with van der Waals surface area (Å²) in [5.41, 5.74) is 2.09. The average Bonchev–Trinajstić information content (AvgIpc) is 2.68. The Kier molecular flexibility index (Phi) is 4.68. The molecule has 2 aliphatic carbocycles. The van der Waals surface area contributed by atoms with Crippen molar-refractivity contribution in [3.63, 3.8) is 0 Å². The summed E-state index contributed by atoms with van der Waals surface area (Å²) in [6, 6.07) is 14.8. The number of halogens is 1. The van der Waals surface area contributed by atoms with E-state index in [1.54, 1.807) is 24.3 Å². The zero-order valence-electron chi connectivity index (χ0n) is 14.4. The number of Topliss-reactive ketones (excluding diaryl/α,β-unsaturated/α-hetero) is 2. The highest BCUT2D eigenvalue weighted by molar-refractivity contribution is 6.30. The molecule has 4 heteroatoms. The first kappa shape index (κ1) is 17.4. The number of rotatable bonds is 2. The highest BCUT2D eigenvalue weighted by atomic mass is 35.5. The van der Waals surface area contributed by atoms with Crippen molar-refractivity contribution in [3.05, 3.63) is 70.2 Å². The fourth-order valence-corrected chi connectivity index (χ4v) is 4.70. The van der Waals surface area contributed by atoms with E-state index in [1.807, 2.05) is 12.1 Å². The molecule has 0 heterocycles. The van der Waals surface area contributed by atoms with Crippen LogP contribution in [0.5, 0.6) is 0 Å². The summed E-state index contributed by atoms with van der Waals surface area (Å²) < 4.78 is 0. The van der Waals surface area contributed by atoms with Gasteiger partial charge in [-0.15, -0.1) is 0 Å². The second kappa shape index (κ2) is 6.98. The summed E-state index contributed by atoms with van der Waals surface area (Å²) in [6.07, 6.45) is 2.39. The SMILES string of the molecule is O=C1c2ccccc2C(=O)C(C2CCC(c3ccc(Cl)cc3)CC2)C1O. The molecular weight excluding hydrogens is 348 g/mol. The van der Waals surface area contributed by atoms with Crippen LogP contribution in [0.4, 0.5) is 0 Å². The lowest BCUT2D eigenvalue weighted by atomic mass is 9.67. The minimum Gasteiger partial charge on any atom is -0.384 e. The van der Waals surface area contributed by atoms with Gasteiger partial charge < -0.3 is 5.11 Å². The van der Waals surface area contributed by atoms with Gasteiger partial charge in [0, 0.05) is 16.1 Å². The molecule has 0 aliphatic heterocycles. The molecule has 0 spiro atoms. The van der Waals surface area contributed by atoms with E-state index in [9.17, 15) is 14.7 Å². The molecule has 3 nitrogen and oxygen atoms in total. The first-order valence-electron chi connectivity index (χ1n) is 9.17. The van der Waals surface area contributed by atoms with Gasteiger partial charge in [0.05, 0.1) is 5.92 Å². The molecule has 0 radical (unpaired) electrons. The lowest BCUT2D eigenvalue weighted by Crippen LogP contribution is -2.45. The van der Waals surface area contributed by atoms with Gasteiger partial charge in [0.1, 0.15) is 6.10 Å². The van der Waals surface area contributed by atoms with E-state index in [0.29, 0.717) is 17.0 Å². The van der Waals surface area contributed by atoms with E-state index >= 15 is 0 Å². The van der Waals surface area contributed by atoms with E-state index in [2.05, 4.69) is 12.1 Å². The predicted octanol–water partition coefficient (Wildman–Crippen LogP) is 4.67. The Morgan fingerprint density at radius 3 is 2.00 bits per heavy atom. The molecule has 26 heavy (non-hydrogen) atoms. The van der Waals surface area contributed by atoms with Crippen molar-refractivity contribution < 1.29 is 14.7 Å². The van der Waals surface area contributed by atoms with Gasteiger partial charge in [-0.2, -0.15) is 0 Å². The Morgan fingerprint density at radius 1 is 0.808 bits per heavy atom. The van der Waals surface area contributed by atoms with E-state index in [1.165, 1.54) is 5.56 Å². The van der Waals surface area contributed by atoms with Crippen LogP contribution in [0.2, 0.25) is 5.02 Å². The van der Waals surface area contributed by atoms with Gasteiger partial charge in [-0.1, -0.05) is 48.0 Å². The van der Waals surface area contributed by atoms with Crippen molar-refractivity contribution in [2.45, 2.75) is 37.7 Å². The number of ketones is 2. The highest BCUT2D eigenvalue weighted by Crippen LogP contribution is 2.42. The van der Waals surface area contributed by atoms with Gasteiger partial charge >= 0.3 is 0 Å². The van der Waals surface area contributed by atoms with Crippen molar-refractivity contribution in [2.75, 3.05) is 0 Å². The second-order valence-electron chi connectivity index (χ2n) is 7.41. The van der Waals surface area contributed by atoms with Crippen molar-refractivity contribution in [1.82, 2.24) is 0 Å². The molecule has 2 aromatic rings. The van der Waals surface area contributed by atoms with Gasteiger partial charge in [0.25, 0.3) is 0 Å². The molecule has 2 unspecified atom stereocenters. The van der Waals surface area contributed by atoms with Crippen LogP contribution in [0.1, 0.15) is 57.9 Å². The quantitative estimate of drug-likeness (QED) is 0.838. The molecule has 0 saturated heterocycles. The Bertz CT molecular complexity index is 835. The zero-order chi connectivity index (χ0) is 18.3. The lowest BCUT2D eigenvalue weighted by molar-refractivity contribution is 0.0342. The van der Waals surface area contributed by atoms with Gasteiger partial charge in [-0.25, -0.2) is 0 Å². The molecule has 1 N–H and O–H groups in total. The van der Waals surface area contributed by atoms with Crippen LogP contribution in [-0.2, 0) is 0 Å². The van der Waals surface area contributed by atoms with E-state index in [-0.39, 0.29) is 17.5 Å². The van der Waals surface area contributed by atoms with Crippen LogP contribution in [-0.4, -0.2) is 22.8 Å². The molecular formula is C22H21ClO3. The minimum absolute atomic E-state index is 0.0540. The number of aliphatic hydroxyl groups excluding tert-OH is 1. The standard InChI is InChI=1S/C22H21ClO3/c23-16-11-9-14(10-12-16)13-5-7-15(8-6-13)19-20(24)17-3-1-2-4-18(17)21(25)22(19)26/h1-4,9-13,15,19,22,26H,5-8H2. The number of carbonyl (C=O) groups excluding carboxylic acids is 2. The molecule has 1 fully saturated rings. The van der Waals surface area contributed by atoms with Crippen LogP contribution in [0.15, 0.2) is 48.5 Å². The van der Waals surface area contributed by atoms with Crippen molar-refractivity contribution >= 4 is 23.2 Å². The van der Waals surface area contributed by atoms with E-state index < -0.39 is 12.0 Å².